The first-order valence-corrected chi connectivity index (χ1v) is 8.62. The molecule has 0 amide bonds. The number of piperidine rings is 1. The summed E-state index contributed by atoms with van der Waals surface area (Å²) in [5.41, 5.74) is 3.27. The van der Waals surface area contributed by atoms with Crippen molar-refractivity contribution in [1.82, 2.24) is 9.97 Å². The molecule has 2 heterocycles. The summed E-state index contributed by atoms with van der Waals surface area (Å²) in [6.45, 7) is 7.50. The van der Waals surface area contributed by atoms with E-state index in [0.29, 0.717) is 12.0 Å². The van der Waals surface area contributed by atoms with Gasteiger partial charge in [-0.15, -0.1) is 0 Å². The third kappa shape index (κ3) is 3.63. The molecule has 1 aromatic heterocycles. The third-order valence-electron chi connectivity index (χ3n) is 4.62. The second kappa shape index (κ2) is 6.99. The fraction of sp³-hybridized carbons (Fsp3) is 0.474. The zero-order valence-corrected chi connectivity index (χ0v) is 14.3. The highest BCUT2D eigenvalue weighted by atomic mass is 15.2. The first kappa shape index (κ1) is 15.8. The number of nitrogens with one attached hydrogen (secondary N) is 1. The van der Waals surface area contributed by atoms with Gasteiger partial charge >= 0.3 is 0 Å². The van der Waals surface area contributed by atoms with Crippen LogP contribution in [0.2, 0.25) is 0 Å². The predicted molar refractivity (Wildman–Crippen MR) is 96.5 cm³/mol. The minimum absolute atomic E-state index is 0.601. The monoisotopic (exact) mass is 310 g/mol. The summed E-state index contributed by atoms with van der Waals surface area (Å²) < 4.78 is 0. The van der Waals surface area contributed by atoms with Gasteiger partial charge in [-0.3, -0.25) is 0 Å². The van der Waals surface area contributed by atoms with Gasteiger partial charge in [0.2, 0.25) is 5.95 Å². The summed E-state index contributed by atoms with van der Waals surface area (Å²) in [4.78, 5) is 11.8. The van der Waals surface area contributed by atoms with Gasteiger partial charge in [-0.2, -0.15) is 4.98 Å². The number of hydrogen-bond donors (Lipinski definition) is 1. The van der Waals surface area contributed by atoms with E-state index < -0.39 is 0 Å². The van der Waals surface area contributed by atoms with E-state index >= 15 is 0 Å². The lowest BCUT2D eigenvalue weighted by Gasteiger charge is -2.36. The summed E-state index contributed by atoms with van der Waals surface area (Å²) in [5, 5.41) is 3.38. The standard InChI is InChI=1S/C19H26N4/c1-4-16-10-7-8-12-23(16)18-13-15(3)20-19(22-18)21-17-11-6-5-9-14(17)2/h5-6,9,11,13,16H,4,7-8,10,12H2,1-3H3,(H,20,21,22). The lowest BCUT2D eigenvalue weighted by molar-refractivity contribution is 0.446. The highest BCUT2D eigenvalue weighted by Crippen LogP contribution is 2.27. The summed E-state index contributed by atoms with van der Waals surface area (Å²) in [6, 6.07) is 10.9. The van der Waals surface area contributed by atoms with Crippen LogP contribution in [0.15, 0.2) is 30.3 Å². The Bertz CT molecular complexity index is 668. The third-order valence-corrected chi connectivity index (χ3v) is 4.62. The van der Waals surface area contributed by atoms with E-state index in [4.69, 9.17) is 4.98 Å². The zero-order chi connectivity index (χ0) is 16.2. The van der Waals surface area contributed by atoms with E-state index in [1.165, 1.54) is 31.2 Å². The molecule has 1 aliphatic rings. The molecule has 0 radical (unpaired) electrons. The second-order valence-electron chi connectivity index (χ2n) is 6.38. The Balaban J connectivity index is 1.88. The Morgan fingerprint density at radius 1 is 1.17 bits per heavy atom. The molecule has 3 rings (SSSR count). The summed E-state index contributed by atoms with van der Waals surface area (Å²) in [7, 11) is 0. The topological polar surface area (TPSA) is 41.1 Å². The van der Waals surface area contributed by atoms with E-state index in [1.54, 1.807) is 0 Å². The SMILES string of the molecule is CCC1CCCCN1c1cc(C)nc(Nc2ccccc2C)n1. The number of rotatable bonds is 4. The zero-order valence-electron chi connectivity index (χ0n) is 14.3. The number of aromatic nitrogens is 2. The Kier molecular flexibility index (Phi) is 4.79. The van der Waals surface area contributed by atoms with Crippen LogP contribution in [0.4, 0.5) is 17.5 Å². The molecule has 1 saturated heterocycles. The molecule has 1 aromatic carbocycles. The minimum Gasteiger partial charge on any atom is -0.353 e. The van der Waals surface area contributed by atoms with Crippen LogP contribution in [0, 0.1) is 13.8 Å². The first-order chi connectivity index (χ1) is 11.2. The van der Waals surface area contributed by atoms with Gasteiger partial charge < -0.3 is 10.2 Å². The fourth-order valence-corrected chi connectivity index (χ4v) is 3.32. The molecule has 122 valence electrons. The molecule has 1 unspecified atom stereocenters. The number of anilines is 3. The molecule has 2 aromatic rings. The molecule has 0 saturated carbocycles. The molecule has 1 aliphatic heterocycles. The van der Waals surface area contributed by atoms with Crippen molar-refractivity contribution in [2.24, 2.45) is 0 Å². The van der Waals surface area contributed by atoms with Crippen LogP contribution in [0.5, 0.6) is 0 Å². The first-order valence-electron chi connectivity index (χ1n) is 8.62. The smallest absolute Gasteiger partial charge is 0.229 e. The number of hydrogen-bond acceptors (Lipinski definition) is 4. The molecule has 4 nitrogen and oxygen atoms in total. The Morgan fingerprint density at radius 3 is 2.78 bits per heavy atom. The molecule has 1 N–H and O–H groups in total. The molecule has 0 bridgehead atoms. The lowest BCUT2D eigenvalue weighted by atomic mass is 10.00. The van der Waals surface area contributed by atoms with Crippen molar-refractivity contribution >= 4 is 17.5 Å². The van der Waals surface area contributed by atoms with Crippen LogP contribution in [-0.2, 0) is 0 Å². The average molecular weight is 310 g/mol. The van der Waals surface area contributed by atoms with Crippen molar-refractivity contribution in [3.63, 3.8) is 0 Å². The molecular formula is C19H26N4. The van der Waals surface area contributed by atoms with Gasteiger partial charge in [-0.05, 0) is 51.2 Å². The molecule has 0 aliphatic carbocycles. The van der Waals surface area contributed by atoms with Gasteiger partial charge in [0.15, 0.2) is 0 Å². The van der Waals surface area contributed by atoms with Crippen LogP contribution in [0.1, 0.15) is 43.9 Å². The normalized spacial score (nSPS) is 18.0. The van der Waals surface area contributed by atoms with E-state index in [-0.39, 0.29) is 0 Å². The summed E-state index contributed by atoms with van der Waals surface area (Å²) in [6.07, 6.45) is 5.01. The van der Waals surface area contributed by atoms with Gasteiger partial charge in [-0.25, -0.2) is 4.98 Å². The number of nitrogens with zero attached hydrogens (tertiary/aromatic N) is 3. The predicted octanol–water partition coefficient (Wildman–Crippen LogP) is 4.61. The highest BCUT2D eigenvalue weighted by molar-refractivity contribution is 5.59. The quantitative estimate of drug-likeness (QED) is 0.895. The maximum Gasteiger partial charge on any atom is 0.229 e. The van der Waals surface area contributed by atoms with Gasteiger partial charge in [0.25, 0.3) is 0 Å². The van der Waals surface area contributed by atoms with Crippen molar-refractivity contribution in [3.05, 3.63) is 41.6 Å². The molecule has 1 fully saturated rings. The average Bonchev–Trinajstić information content (AvgIpc) is 2.56. The van der Waals surface area contributed by atoms with Crippen molar-refractivity contribution in [3.8, 4) is 0 Å². The Hall–Kier alpha value is -2.10. The van der Waals surface area contributed by atoms with E-state index in [2.05, 4.69) is 47.2 Å². The Labute approximate surface area is 139 Å². The second-order valence-corrected chi connectivity index (χ2v) is 6.38. The lowest BCUT2D eigenvalue weighted by Crippen LogP contribution is -2.39. The van der Waals surface area contributed by atoms with Crippen LogP contribution in [0.3, 0.4) is 0 Å². The summed E-state index contributed by atoms with van der Waals surface area (Å²) in [5.74, 6) is 1.75. The maximum atomic E-state index is 4.80. The van der Waals surface area contributed by atoms with E-state index in [1.807, 2.05) is 19.1 Å². The molecular weight excluding hydrogens is 284 g/mol. The number of para-hydroxylation sites is 1. The number of benzene rings is 1. The highest BCUT2D eigenvalue weighted by Gasteiger charge is 2.22. The molecule has 1 atom stereocenters. The van der Waals surface area contributed by atoms with E-state index in [0.717, 1.165) is 23.7 Å². The van der Waals surface area contributed by atoms with Gasteiger partial charge in [-0.1, -0.05) is 25.1 Å². The summed E-state index contributed by atoms with van der Waals surface area (Å²) >= 11 is 0. The maximum absolute atomic E-state index is 4.80. The Morgan fingerprint density at radius 2 is 2.00 bits per heavy atom. The van der Waals surface area contributed by atoms with Gasteiger partial charge in [0.05, 0.1) is 0 Å². The van der Waals surface area contributed by atoms with Crippen molar-refractivity contribution in [2.45, 2.75) is 52.5 Å². The van der Waals surface area contributed by atoms with Crippen LogP contribution >= 0.6 is 0 Å². The van der Waals surface area contributed by atoms with E-state index in [9.17, 15) is 0 Å². The fourth-order valence-electron chi connectivity index (χ4n) is 3.32. The van der Waals surface area contributed by atoms with Crippen molar-refractivity contribution < 1.29 is 0 Å². The van der Waals surface area contributed by atoms with Gasteiger partial charge in [0.1, 0.15) is 5.82 Å². The van der Waals surface area contributed by atoms with Crippen molar-refractivity contribution in [2.75, 3.05) is 16.8 Å². The molecule has 4 heteroatoms. The van der Waals surface area contributed by atoms with Crippen LogP contribution in [-0.4, -0.2) is 22.6 Å². The van der Waals surface area contributed by atoms with Crippen LogP contribution in [0.25, 0.3) is 0 Å². The minimum atomic E-state index is 0.601. The molecule has 0 spiro atoms. The molecule has 23 heavy (non-hydrogen) atoms. The largest absolute Gasteiger partial charge is 0.353 e. The van der Waals surface area contributed by atoms with Gasteiger partial charge in [0, 0.05) is 30.0 Å². The van der Waals surface area contributed by atoms with Crippen molar-refractivity contribution in [1.29, 1.82) is 0 Å². The van der Waals surface area contributed by atoms with Crippen LogP contribution < -0.4 is 10.2 Å². The number of aryl methyl sites for hydroxylation is 2.